The summed E-state index contributed by atoms with van der Waals surface area (Å²) >= 11 is 0. The lowest BCUT2D eigenvalue weighted by atomic mass is 9.95. The quantitative estimate of drug-likeness (QED) is 0.524. The van der Waals surface area contributed by atoms with E-state index in [9.17, 15) is 4.39 Å². The minimum atomic E-state index is -0.148. The van der Waals surface area contributed by atoms with Crippen LogP contribution in [0.4, 0.5) is 4.39 Å². The molecule has 0 aliphatic heterocycles. The Hall–Kier alpha value is -1.09. The van der Waals surface area contributed by atoms with Crippen molar-refractivity contribution in [3.8, 4) is 0 Å². The van der Waals surface area contributed by atoms with Crippen molar-refractivity contribution in [2.45, 2.75) is 19.8 Å². The van der Waals surface area contributed by atoms with Gasteiger partial charge in [-0.2, -0.15) is 0 Å². The fraction of sp³-hybridized carbons (Fsp3) is 0.400. The van der Waals surface area contributed by atoms with Gasteiger partial charge in [-0.25, -0.2) is 10.2 Å². The van der Waals surface area contributed by atoms with Crippen molar-refractivity contribution >= 4 is 0 Å². The summed E-state index contributed by atoms with van der Waals surface area (Å²) in [6.07, 6.45) is 2.86. The summed E-state index contributed by atoms with van der Waals surface area (Å²) in [5, 5.41) is 1.31. The molecule has 1 rings (SSSR count). The SMILES string of the molecule is C=CC1=C(C)CCC(F)=C1N(C)N. The summed E-state index contributed by atoms with van der Waals surface area (Å²) in [5.74, 6) is 5.39. The minimum Gasteiger partial charge on any atom is -0.311 e. The van der Waals surface area contributed by atoms with Crippen molar-refractivity contribution < 1.29 is 4.39 Å². The van der Waals surface area contributed by atoms with Crippen molar-refractivity contribution in [2.24, 2.45) is 5.84 Å². The molecule has 1 aliphatic rings. The monoisotopic (exact) mass is 182 g/mol. The molecule has 13 heavy (non-hydrogen) atoms. The molecule has 0 fully saturated rings. The number of hydrogen-bond donors (Lipinski definition) is 1. The van der Waals surface area contributed by atoms with Crippen molar-refractivity contribution in [1.29, 1.82) is 0 Å². The Morgan fingerprint density at radius 2 is 2.15 bits per heavy atom. The molecule has 0 spiro atoms. The lowest BCUT2D eigenvalue weighted by Crippen LogP contribution is -2.28. The molecule has 0 bridgehead atoms. The highest BCUT2D eigenvalue weighted by atomic mass is 19.1. The van der Waals surface area contributed by atoms with Crippen LogP contribution < -0.4 is 5.84 Å². The van der Waals surface area contributed by atoms with Gasteiger partial charge in [0.2, 0.25) is 0 Å². The molecular formula is C10H15FN2. The van der Waals surface area contributed by atoms with Gasteiger partial charge in [0.15, 0.2) is 0 Å². The molecule has 0 heterocycles. The maximum atomic E-state index is 13.4. The highest BCUT2D eigenvalue weighted by Gasteiger charge is 2.19. The van der Waals surface area contributed by atoms with Crippen LogP contribution in [0.25, 0.3) is 0 Å². The van der Waals surface area contributed by atoms with E-state index in [0.717, 1.165) is 17.6 Å². The topological polar surface area (TPSA) is 29.3 Å². The van der Waals surface area contributed by atoms with Gasteiger partial charge in [0.25, 0.3) is 0 Å². The van der Waals surface area contributed by atoms with Crippen molar-refractivity contribution in [2.75, 3.05) is 7.05 Å². The second kappa shape index (κ2) is 3.75. The Bertz CT molecular complexity index is 287. The first kappa shape index (κ1) is 9.99. The fourth-order valence-corrected chi connectivity index (χ4v) is 1.55. The first-order valence-electron chi connectivity index (χ1n) is 4.27. The Morgan fingerprint density at radius 1 is 1.54 bits per heavy atom. The fourth-order valence-electron chi connectivity index (χ4n) is 1.55. The van der Waals surface area contributed by atoms with Crippen LogP contribution in [0.1, 0.15) is 19.8 Å². The summed E-state index contributed by atoms with van der Waals surface area (Å²) in [6.45, 7) is 5.64. The van der Waals surface area contributed by atoms with Crippen LogP contribution in [0.5, 0.6) is 0 Å². The molecule has 2 N–H and O–H groups in total. The molecule has 0 radical (unpaired) electrons. The van der Waals surface area contributed by atoms with E-state index in [1.807, 2.05) is 6.92 Å². The van der Waals surface area contributed by atoms with Crippen LogP contribution in [0, 0.1) is 0 Å². The normalized spacial score (nSPS) is 17.8. The van der Waals surface area contributed by atoms with Gasteiger partial charge < -0.3 is 5.01 Å². The molecule has 3 heteroatoms. The Kier molecular flexibility index (Phi) is 2.88. The van der Waals surface area contributed by atoms with Crippen LogP contribution in [0.3, 0.4) is 0 Å². The molecule has 0 unspecified atom stereocenters. The first-order valence-corrected chi connectivity index (χ1v) is 4.27. The minimum absolute atomic E-state index is 0.148. The summed E-state index contributed by atoms with van der Waals surface area (Å²) in [6, 6.07) is 0. The van der Waals surface area contributed by atoms with Crippen LogP contribution in [0.2, 0.25) is 0 Å². The van der Waals surface area contributed by atoms with Gasteiger partial charge in [0, 0.05) is 19.0 Å². The van der Waals surface area contributed by atoms with E-state index in [0.29, 0.717) is 12.1 Å². The molecule has 0 atom stereocenters. The van der Waals surface area contributed by atoms with Crippen molar-refractivity contribution in [3.05, 3.63) is 35.3 Å². The van der Waals surface area contributed by atoms with Crippen LogP contribution >= 0.6 is 0 Å². The largest absolute Gasteiger partial charge is 0.311 e. The standard InChI is InChI=1S/C10H15FN2/c1-4-8-7(2)5-6-9(11)10(8)13(3)12/h4H,1,5-6,12H2,2-3H3. The molecule has 0 saturated carbocycles. The maximum Gasteiger partial charge on any atom is 0.125 e. The Balaban J connectivity index is 3.17. The van der Waals surface area contributed by atoms with E-state index in [2.05, 4.69) is 6.58 Å². The summed E-state index contributed by atoms with van der Waals surface area (Å²) in [5.41, 5.74) is 2.44. The molecule has 1 aliphatic carbocycles. The second-order valence-corrected chi connectivity index (χ2v) is 3.26. The molecule has 2 nitrogen and oxygen atoms in total. The van der Waals surface area contributed by atoms with E-state index >= 15 is 0 Å². The van der Waals surface area contributed by atoms with Gasteiger partial charge in [-0.1, -0.05) is 18.2 Å². The third-order valence-electron chi connectivity index (χ3n) is 2.25. The highest BCUT2D eigenvalue weighted by molar-refractivity contribution is 5.45. The number of hydrogen-bond acceptors (Lipinski definition) is 2. The number of hydrazine groups is 1. The average Bonchev–Trinajstić information content (AvgIpc) is 2.07. The van der Waals surface area contributed by atoms with Gasteiger partial charge in [0.05, 0.1) is 5.70 Å². The number of nitrogens with zero attached hydrogens (tertiary/aromatic N) is 1. The molecule has 72 valence electrons. The summed E-state index contributed by atoms with van der Waals surface area (Å²) < 4.78 is 13.4. The Labute approximate surface area is 78.2 Å². The van der Waals surface area contributed by atoms with Crippen molar-refractivity contribution in [1.82, 2.24) is 5.01 Å². The first-order chi connectivity index (χ1) is 6.07. The van der Waals surface area contributed by atoms with Crippen LogP contribution in [0.15, 0.2) is 35.3 Å². The molecule has 0 aromatic heterocycles. The molecular weight excluding hydrogens is 167 g/mol. The van der Waals surface area contributed by atoms with Gasteiger partial charge in [-0.15, -0.1) is 0 Å². The molecule has 0 aromatic carbocycles. The zero-order valence-corrected chi connectivity index (χ0v) is 8.10. The summed E-state index contributed by atoms with van der Waals surface area (Å²) in [4.78, 5) is 0. The third kappa shape index (κ3) is 1.80. The summed E-state index contributed by atoms with van der Waals surface area (Å²) in [7, 11) is 1.64. The number of rotatable bonds is 2. The number of allylic oxidation sites excluding steroid dienone is 3. The van der Waals surface area contributed by atoms with E-state index in [1.54, 1.807) is 13.1 Å². The van der Waals surface area contributed by atoms with Crippen LogP contribution in [-0.2, 0) is 0 Å². The maximum absolute atomic E-state index is 13.4. The number of halogens is 1. The smallest absolute Gasteiger partial charge is 0.125 e. The molecule has 0 amide bonds. The number of likely N-dealkylation sites (N-methyl/N-ethyl adjacent to an activating group) is 1. The highest BCUT2D eigenvalue weighted by Crippen LogP contribution is 2.31. The molecule has 0 saturated heterocycles. The van der Waals surface area contributed by atoms with Crippen LogP contribution in [-0.4, -0.2) is 12.1 Å². The zero-order valence-electron chi connectivity index (χ0n) is 8.10. The predicted octanol–water partition coefficient (Wildman–Crippen LogP) is 2.27. The van der Waals surface area contributed by atoms with Crippen molar-refractivity contribution in [3.63, 3.8) is 0 Å². The lowest BCUT2D eigenvalue weighted by molar-refractivity contribution is 0.409. The third-order valence-corrected chi connectivity index (χ3v) is 2.25. The second-order valence-electron chi connectivity index (χ2n) is 3.26. The van der Waals surface area contributed by atoms with E-state index in [1.165, 1.54) is 5.01 Å². The average molecular weight is 182 g/mol. The number of nitrogens with two attached hydrogens (primary N) is 1. The molecule has 0 aromatic rings. The van der Waals surface area contributed by atoms with Gasteiger partial charge >= 0.3 is 0 Å². The lowest BCUT2D eigenvalue weighted by Gasteiger charge is -2.24. The Morgan fingerprint density at radius 3 is 2.54 bits per heavy atom. The predicted molar refractivity (Wildman–Crippen MR) is 52.2 cm³/mol. The van der Waals surface area contributed by atoms with Gasteiger partial charge in [0.1, 0.15) is 5.83 Å². The van der Waals surface area contributed by atoms with Gasteiger partial charge in [-0.05, 0) is 13.3 Å². The van der Waals surface area contributed by atoms with E-state index in [4.69, 9.17) is 5.84 Å². The zero-order chi connectivity index (χ0) is 10.0. The van der Waals surface area contributed by atoms with E-state index in [-0.39, 0.29) is 5.83 Å². The van der Waals surface area contributed by atoms with E-state index < -0.39 is 0 Å². The van der Waals surface area contributed by atoms with Gasteiger partial charge in [-0.3, -0.25) is 0 Å².